The van der Waals surface area contributed by atoms with Crippen molar-refractivity contribution in [2.45, 2.75) is 4.90 Å². The van der Waals surface area contributed by atoms with E-state index < -0.39 is 15.8 Å². The molecule has 2 aromatic heterocycles. The van der Waals surface area contributed by atoms with Gasteiger partial charge in [-0.25, -0.2) is 27.8 Å². The third-order valence-corrected chi connectivity index (χ3v) is 8.29. The van der Waals surface area contributed by atoms with Crippen LogP contribution < -0.4 is 0 Å². The molecule has 5 rings (SSSR count). The lowest BCUT2D eigenvalue weighted by Crippen LogP contribution is -2.50. The normalized spacial score (nSPS) is 15.1. The van der Waals surface area contributed by atoms with Crippen LogP contribution in [0.4, 0.5) is 4.39 Å². The first-order valence-corrected chi connectivity index (χ1v) is 12.4. The molecule has 3 heterocycles. The predicted molar refractivity (Wildman–Crippen MR) is 122 cm³/mol. The summed E-state index contributed by atoms with van der Waals surface area (Å²) in [5.41, 5.74) is 1.40. The van der Waals surface area contributed by atoms with Crippen LogP contribution in [0, 0.1) is 5.82 Å². The van der Waals surface area contributed by atoms with Gasteiger partial charge < -0.3 is 4.90 Å². The molecule has 4 aromatic rings. The number of fused-ring (bicyclic) bond motifs is 1. The summed E-state index contributed by atoms with van der Waals surface area (Å²) in [6.45, 7) is 0.565. The molecule has 168 valence electrons. The highest BCUT2D eigenvalue weighted by atomic mass is 32.2. The van der Waals surface area contributed by atoms with Gasteiger partial charge in [-0.1, -0.05) is 18.2 Å². The van der Waals surface area contributed by atoms with Crippen LogP contribution >= 0.6 is 11.3 Å². The number of carbonyl (C=O) groups is 1. The number of piperazine rings is 1. The van der Waals surface area contributed by atoms with E-state index in [0.29, 0.717) is 10.7 Å². The lowest BCUT2D eigenvalue weighted by atomic mass is 10.2. The Kier molecular flexibility index (Phi) is 5.60. The van der Waals surface area contributed by atoms with Gasteiger partial charge in [-0.05, 0) is 30.3 Å². The molecule has 1 amide bonds. The minimum Gasteiger partial charge on any atom is -0.335 e. The third kappa shape index (κ3) is 4.10. The van der Waals surface area contributed by atoms with Crippen molar-refractivity contribution in [2.24, 2.45) is 0 Å². The Morgan fingerprint density at radius 1 is 0.970 bits per heavy atom. The van der Waals surface area contributed by atoms with Gasteiger partial charge in [0.05, 0.1) is 15.1 Å². The Balaban J connectivity index is 1.36. The zero-order chi connectivity index (χ0) is 23.0. The van der Waals surface area contributed by atoms with Crippen molar-refractivity contribution < 1.29 is 17.6 Å². The number of aromatic nitrogens is 3. The van der Waals surface area contributed by atoms with Gasteiger partial charge in [0.15, 0.2) is 5.69 Å². The summed E-state index contributed by atoms with van der Waals surface area (Å²) >= 11 is 1.43. The van der Waals surface area contributed by atoms with E-state index in [1.807, 2.05) is 24.3 Å². The van der Waals surface area contributed by atoms with Gasteiger partial charge in [-0.15, -0.1) is 11.3 Å². The van der Waals surface area contributed by atoms with Crippen LogP contribution in [0.15, 0.2) is 65.8 Å². The number of rotatable bonds is 4. The second kappa shape index (κ2) is 8.58. The maximum absolute atomic E-state index is 13.5. The highest BCUT2D eigenvalue weighted by Gasteiger charge is 2.32. The molecule has 1 aliphatic rings. The Bertz CT molecular complexity index is 1420. The highest BCUT2D eigenvalue weighted by Crippen LogP contribution is 2.30. The van der Waals surface area contributed by atoms with E-state index in [2.05, 4.69) is 15.0 Å². The van der Waals surface area contributed by atoms with Crippen LogP contribution in [0.2, 0.25) is 0 Å². The minimum absolute atomic E-state index is 0.0985. The van der Waals surface area contributed by atoms with E-state index in [0.717, 1.165) is 16.3 Å². The van der Waals surface area contributed by atoms with E-state index in [4.69, 9.17) is 0 Å². The molecule has 8 nitrogen and oxygen atoms in total. The Morgan fingerprint density at radius 2 is 1.73 bits per heavy atom. The number of hydrogen-bond donors (Lipinski definition) is 0. The number of halogens is 1. The van der Waals surface area contributed by atoms with E-state index >= 15 is 0 Å². The second-order valence-electron chi connectivity index (χ2n) is 7.39. The topological polar surface area (TPSA) is 96.4 Å². The largest absolute Gasteiger partial charge is 0.335 e. The Hall–Kier alpha value is -3.28. The van der Waals surface area contributed by atoms with Crippen molar-refractivity contribution in [2.75, 3.05) is 26.2 Å². The van der Waals surface area contributed by atoms with E-state index in [1.165, 1.54) is 46.2 Å². The van der Waals surface area contributed by atoms with Gasteiger partial charge in [0.2, 0.25) is 10.0 Å². The molecule has 1 aliphatic heterocycles. The van der Waals surface area contributed by atoms with Crippen molar-refractivity contribution in [1.29, 1.82) is 0 Å². The van der Waals surface area contributed by atoms with Crippen LogP contribution in [0.5, 0.6) is 0 Å². The summed E-state index contributed by atoms with van der Waals surface area (Å²) in [6, 6.07) is 12.6. The van der Waals surface area contributed by atoms with Crippen molar-refractivity contribution >= 4 is 37.5 Å². The van der Waals surface area contributed by atoms with Crippen LogP contribution in [0.3, 0.4) is 0 Å². The zero-order valence-corrected chi connectivity index (χ0v) is 18.9. The van der Waals surface area contributed by atoms with Gasteiger partial charge in [0.25, 0.3) is 5.91 Å². The lowest BCUT2D eigenvalue weighted by Gasteiger charge is -2.34. The molecule has 1 saturated heterocycles. The SMILES string of the molecule is O=C(c1nccnc1-c1nc2ccccc2s1)N1CCN(S(=O)(=O)c2cccc(F)c2)CC1. The summed E-state index contributed by atoms with van der Waals surface area (Å²) in [6.07, 6.45) is 2.97. The predicted octanol–water partition coefficient (Wildman–Crippen LogP) is 3.04. The van der Waals surface area contributed by atoms with Gasteiger partial charge in [0, 0.05) is 38.6 Å². The smallest absolute Gasteiger partial charge is 0.274 e. The molecule has 0 radical (unpaired) electrons. The van der Waals surface area contributed by atoms with Crippen LogP contribution in [0.25, 0.3) is 20.9 Å². The molecule has 11 heteroatoms. The molecular formula is C22H18FN5O3S2. The number of sulfonamides is 1. The van der Waals surface area contributed by atoms with E-state index in [-0.39, 0.29) is 42.7 Å². The number of carbonyl (C=O) groups excluding carboxylic acids is 1. The number of hydrogen-bond acceptors (Lipinski definition) is 7. The Morgan fingerprint density at radius 3 is 2.48 bits per heavy atom. The fraction of sp³-hybridized carbons (Fsp3) is 0.182. The summed E-state index contributed by atoms with van der Waals surface area (Å²) in [5.74, 6) is -0.949. The van der Waals surface area contributed by atoms with Crippen molar-refractivity contribution in [3.8, 4) is 10.7 Å². The summed E-state index contributed by atoms with van der Waals surface area (Å²) in [5, 5.41) is 0.597. The third-order valence-electron chi connectivity index (χ3n) is 5.36. The van der Waals surface area contributed by atoms with Crippen LogP contribution in [-0.4, -0.2) is 64.7 Å². The molecule has 0 aliphatic carbocycles. The standard InChI is InChI=1S/C22H18FN5O3S2/c23-15-4-3-5-16(14-15)33(30,31)28-12-10-27(11-13-28)22(29)20-19(24-8-9-25-20)21-26-17-6-1-2-7-18(17)32-21/h1-9,14H,10-13H2. The van der Waals surface area contributed by atoms with Crippen LogP contribution in [0.1, 0.15) is 10.5 Å². The first-order valence-electron chi connectivity index (χ1n) is 10.2. The molecular weight excluding hydrogens is 465 g/mol. The molecule has 0 N–H and O–H groups in total. The second-order valence-corrected chi connectivity index (χ2v) is 10.4. The van der Waals surface area contributed by atoms with E-state index in [1.54, 1.807) is 4.90 Å². The minimum atomic E-state index is -3.85. The monoisotopic (exact) mass is 483 g/mol. The summed E-state index contributed by atoms with van der Waals surface area (Å²) in [7, 11) is -3.85. The molecule has 0 atom stereocenters. The van der Waals surface area contributed by atoms with Crippen molar-refractivity contribution in [1.82, 2.24) is 24.2 Å². The van der Waals surface area contributed by atoms with Crippen LogP contribution in [-0.2, 0) is 10.0 Å². The summed E-state index contributed by atoms with van der Waals surface area (Å²) in [4.78, 5) is 27.9. The fourth-order valence-electron chi connectivity index (χ4n) is 3.68. The van der Waals surface area contributed by atoms with Gasteiger partial charge in [-0.3, -0.25) is 4.79 Å². The average molecular weight is 484 g/mol. The highest BCUT2D eigenvalue weighted by molar-refractivity contribution is 7.89. The first-order chi connectivity index (χ1) is 15.9. The van der Waals surface area contributed by atoms with Gasteiger partial charge in [0.1, 0.15) is 16.5 Å². The molecule has 1 fully saturated rings. The number of para-hydroxylation sites is 1. The number of nitrogens with zero attached hydrogens (tertiary/aromatic N) is 5. The van der Waals surface area contributed by atoms with Crippen molar-refractivity contribution in [3.05, 3.63) is 72.4 Å². The summed E-state index contributed by atoms with van der Waals surface area (Å²) < 4.78 is 41.4. The average Bonchev–Trinajstić information content (AvgIpc) is 3.28. The van der Waals surface area contributed by atoms with Gasteiger partial charge >= 0.3 is 0 Å². The number of amides is 1. The maximum atomic E-state index is 13.5. The fourth-order valence-corrected chi connectivity index (χ4v) is 6.10. The molecule has 0 spiro atoms. The number of benzene rings is 2. The lowest BCUT2D eigenvalue weighted by molar-refractivity contribution is 0.0692. The quantitative estimate of drug-likeness (QED) is 0.443. The zero-order valence-electron chi connectivity index (χ0n) is 17.3. The number of thiazole rings is 1. The van der Waals surface area contributed by atoms with Crippen molar-refractivity contribution in [3.63, 3.8) is 0 Å². The van der Waals surface area contributed by atoms with Gasteiger partial charge in [-0.2, -0.15) is 4.31 Å². The van der Waals surface area contributed by atoms with E-state index in [9.17, 15) is 17.6 Å². The molecule has 0 unspecified atom stereocenters. The molecule has 0 bridgehead atoms. The molecule has 0 saturated carbocycles. The maximum Gasteiger partial charge on any atom is 0.274 e. The first kappa shape index (κ1) is 21.6. The Labute approximate surface area is 193 Å². The molecule has 33 heavy (non-hydrogen) atoms. The molecule has 2 aromatic carbocycles.